The molecule has 0 bridgehead atoms. The Bertz CT molecular complexity index is 329. The van der Waals surface area contributed by atoms with Crippen molar-refractivity contribution in [1.82, 2.24) is 4.98 Å². The van der Waals surface area contributed by atoms with Gasteiger partial charge in [0.15, 0.2) is 0 Å². The van der Waals surface area contributed by atoms with Gasteiger partial charge in [0.05, 0.1) is 6.42 Å². The molecule has 0 saturated heterocycles. The highest BCUT2D eigenvalue weighted by atomic mass is 19.4. The molecule has 1 aromatic heterocycles. The van der Waals surface area contributed by atoms with E-state index in [1.165, 1.54) is 12.3 Å². The molecule has 14 heavy (non-hydrogen) atoms. The minimum Gasteiger partial charge on any atom is -0.289 e. The summed E-state index contributed by atoms with van der Waals surface area (Å²) in [4.78, 5) is 14.3. The fourth-order valence-corrected chi connectivity index (χ4v) is 0.868. The summed E-state index contributed by atoms with van der Waals surface area (Å²) in [7, 11) is 0. The molecule has 1 heterocycles. The van der Waals surface area contributed by atoms with Crippen LogP contribution in [0.25, 0.3) is 0 Å². The Morgan fingerprint density at radius 1 is 1.43 bits per heavy atom. The van der Waals surface area contributed by atoms with E-state index in [1.807, 2.05) is 0 Å². The van der Waals surface area contributed by atoms with E-state index >= 15 is 0 Å². The molecule has 0 aliphatic heterocycles. The van der Waals surface area contributed by atoms with Gasteiger partial charge in [-0.3, -0.25) is 9.78 Å². The van der Waals surface area contributed by atoms with Crippen molar-refractivity contribution in [3.8, 4) is 0 Å². The smallest absolute Gasteiger partial charge is 0.289 e. The average molecular weight is 203 g/mol. The Morgan fingerprint density at radius 3 is 2.50 bits per heavy atom. The second-order valence-corrected chi connectivity index (χ2v) is 2.92. The number of Topliss-reactive ketones (excluding diaryl/α,β-unsaturated/α-hetero) is 1. The molecule has 0 fully saturated rings. The second-order valence-electron chi connectivity index (χ2n) is 2.92. The van der Waals surface area contributed by atoms with Gasteiger partial charge in [0, 0.05) is 11.9 Å². The fourth-order valence-electron chi connectivity index (χ4n) is 0.868. The SMILES string of the molecule is Cc1ccc(CC(=O)C(F)(F)F)nc1. The van der Waals surface area contributed by atoms with E-state index in [0.29, 0.717) is 0 Å². The molecule has 0 aliphatic carbocycles. The highest BCUT2D eigenvalue weighted by Gasteiger charge is 2.37. The zero-order valence-corrected chi connectivity index (χ0v) is 7.43. The molecule has 0 radical (unpaired) electrons. The molecule has 0 spiro atoms. The molecule has 0 amide bonds. The maximum absolute atomic E-state index is 11.8. The number of carbonyl (C=O) groups is 1. The first-order chi connectivity index (χ1) is 6.39. The number of rotatable bonds is 2. The Labute approximate surface area is 78.8 Å². The topological polar surface area (TPSA) is 30.0 Å². The van der Waals surface area contributed by atoms with Gasteiger partial charge in [-0.15, -0.1) is 0 Å². The predicted octanol–water partition coefficient (Wildman–Crippen LogP) is 2.06. The first kappa shape index (κ1) is 10.7. The molecule has 0 aliphatic rings. The normalized spacial score (nSPS) is 11.4. The molecule has 5 heteroatoms. The Morgan fingerprint density at radius 2 is 2.07 bits per heavy atom. The number of hydrogen-bond acceptors (Lipinski definition) is 2. The fraction of sp³-hybridized carbons (Fsp3) is 0.333. The van der Waals surface area contributed by atoms with Crippen LogP contribution in [0.1, 0.15) is 11.3 Å². The van der Waals surface area contributed by atoms with E-state index in [2.05, 4.69) is 4.98 Å². The van der Waals surface area contributed by atoms with E-state index in [9.17, 15) is 18.0 Å². The number of hydrogen-bond donors (Lipinski definition) is 0. The van der Waals surface area contributed by atoms with Crippen LogP contribution in [0, 0.1) is 6.92 Å². The standard InChI is InChI=1S/C9H8F3NO/c1-6-2-3-7(13-5-6)4-8(14)9(10,11)12/h2-3,5H,4H2,1H3. The van der Waals surface area contributed by atoms with Gasteiger partial charge < -0.3 is 0 Å². The summed E-state index contributed by atoms with van der Waals surface area (Å²) in [6.45, 7) is 1.77. The van der Waals surface area contributed by atoms with Gasteiger partial charge in [0.1, 0.15) is 0 Å². The highest BCUT2D eigenvalue weighted by molar-refractivity contribution is 5.85. The molecular weight excluding hydrogens is 195 g/mol. The van der Waals surface area contributed by atoms with E-state index in [4.69, 9.17) is 0 Å². The van der Waals surface area contributed by atoms with E-state index in [0.717, 1.165) is 5.56 Å². The second kappa shape index (κ2) is 3.77. The summed E-state index contributed by atoms with van der Waals surface area (Å²) in [5, 5.41) is 0. The van der Waals surface area contributed by atoms with Crippen molar-refractivity contribution in [3.63, 3.8) is 0 Å². The molecule has 2 nitrogen and oxygen atoms in total. The third-order valence-electron chi connectivity index (χ3n) is 1.63. The first-order valence-electron chi connectivity index (χ1n) is 3.91. The Balaban J connectivity index is 2.71. The quantitative estimate of drug-likeness (QED) is 0.736. The zero-order valence-electron chi connectivity index (χ0n) is 7.43. The summed E-state index contributed by atoms with van der Waals surface area (Å²) in [6.07, 6.45) is -4.03. The van der Waals surface area contributed by atoms with E-state index in [1.54, 1.807) is 13.0 Å². The zero-order chi connectivity index (χ0) is 10.8. The van der Waals surface area contributed by atoms with Gasteiger partial charge in [0.2, 0.25) is 5.78 Å². The van der Waals surface area contributed by atoms with Crippen LogP contribution in [0.2, 0.25) is 0 Å². The van der Waals surface area contributed by atoms with E-state index in [-0.39, 0.29) is 5.69 Å². The van der Waals surface area contributed by atoms with Gasteiger partial charge >= 0.3 is 6.18 Å². The summed E-state index contributed by atoms with van der Waals surface area (Å²) in [6, 6.07) is 3.03. The Hall–Kier alpha value is -1.39. The van der Waals surface area contributed by atoms with Crippen molar-refractivity contribution in [2.45, 2.75) is 19.5 Å². The summed E-state index contributed by atoms with van der Waals surface area (Å²) >= 11 is 0. The predicted molar refractivity (Wildman–Crippen MR) is 43.7 cm³/mol. The van der Waals surface area contributed by atoms with Gasteiger partial charge in [0.25, 0.3) is 0 Å². The van der Waals surface area contributed by atoms with Gasteiger partial charge in [-0.25, -0.2) is 0 Å². The van der Waals surface area contributed by atoms with Crippen LogP contribution in [0.15, 0.2) is 18.3 Å². The van der Waals surface area contributed by atoms with Crippen LogP contribution >= 0.6 is 0 Å². The molecule has 0 atom stereocenters. The Kier molecular flexibility index (Phi) is 2.88. The number of carbonyl (C=O) groups excluding carboxylic acids is 1. The number of alkyl halides is 3. The molecule has 1 rings (SSSR count). The third-order valence-corrected chi connectivity index (χ3v) is 1.63. The lowest BCUT2D eigenvalue weighted by Gasteiger charge is -2.04. The summed E-state index contributed by atoms with van der Waals surface area (Å²) < 4.78 is 35.5. The molecule has 0 unspecified atom stereocenters. The number of aryl methyl sites for hydroxylation is 1. The van der Waals surface area contributed by atoms with Crippen molar-refractivity contribution in [2.75, 3.05) is 0 Å². The van der Waals surface area contributed by atoms with Crippen molar-refractivity contribution in [1.29, 1.82) is 0 Å². The minimum absolute atomic E-state index is 0.137. The van der Waals surface area contributed by atoms with Crippen molar-refractivity contribution in [3.05, 3.63) is 29.6 Å². The monoisotopic (exact) mass is 203 g/mol. The van der Waals surface area contributed by atoms with Crippen LogP contribution in [-0.4, -0.2) is 16.9 Å². The molecule has 76 valence electrons. The number of ketones is 1. The third kappa shape index (κ3) is 2.83. The maximum atomic E-state index is 11.8. The molecule has 0 aromatic carbocycles. The average Bonchev–Trinajstić information content (AvgIpc) is 2.07. The molecule has 0 N–H and O–H groups in total. The van der Waals surface area contributed by atoms with Crippen LogP contribution in [-0.2, 0) is 11.2 Å². The van der Waals surface area contributed by atoms with Gasteiger partial charge in [-0.2, -0.15) is 13.2 Å². The van der Waals surface area contributed by atoms with Crippen LogP contribution in [0.3, 0.4) is 0 Å². The number of nitrogens with zero attached hydrogens (tertiary/aromatic N) is 1. The van der Waals surface area contributed by atoms with E-state index < -0.39 is 18.4 Å². The summed E-state index contributed by atoms with van der Waals surface area (Å²) in [5.41, 5.74) is 0.978. The van der Waals surface area contributed by atoms with Crippen molar-refractivity contribution < 1.29 is 18.0 Å². The maximum Gasteiger partial charge on any atom is 0.450 e. The number of halogens is 3. The number of pyridine rings is 1. The van der Waals surface area contributed by atoms with Crippen LogP contribution in [0.5, 0.6) is 0 Å². The highest BCUT2D eigenvalue weighted by Crippen LogP contribution is 2.18. The van der Waals surface area contributed by atoms with Crippen LogP contribution in [0.4, 0.5) is 13.2 Å². The molecular formula is C9H8F3NO. The van der Waals surface area contributed by atoms with Crippen LogP contribution < -0.4 is 0 Å². The first-order valence-corrected chi connectivity index (χ1v) is 3.91. The van der Waals surface area contributed by atoms with Crippen molar-refractivity contribution in [2.24, 2.45) is 0 Å². The summed E-state index contributed by atoms with van der Waals surface area (Å²) in [5.74, 6) is -1.77. The van der Waals surface area contributed by atoms with Crippen molar-refractivity contribution >= 4 is 5.78 Å². The molecule has 0 saturated carbocycles. The molecule has 1 aromatic rings. The lowest BCUT2D eigenvalue weighted by molar-refractivity contribution is -0.170. The number of aromatic nitrogens is 1. The van der Waals surface area contributed by atoms with Gasteiger partial charge in [-0.1, -0.05) is 6.07 Å². The lowest BCUT2D eigenvalue weighted by atomic mass is 10.2. The minimum atomic E-state index is -4.77. The van der Waals surface area contributed by atoms with Gasteiger partial charge in [-0.05, 0) is 18.6 Å². The largest absolute Gasteiger partial charge is 0.450 e. The lowest BCUT2D eigenvalue weighted by Crippen LogP contribution is -2.24.